The molecular weight excluding hydrogens is 232 g/mol. The summed E-state index contributed by atoms with van der Waals surface area (Å²) in [5.41, 5.74) is 1.47. The molecule has 2 nitrogen and oxygen atoms in total. The van der Waals surface area contributed by atoms with Crippen LogP contribution in [0, 0.1) is 5.92 Å². The Morgan fingerprint density at radius 3 is 2.58 bits per heavy atom. The quantitative estimate of drug-likeness (QED) is 0.809. The fraction of sp³-hybridized carbons (Fsp3) is 0.647. The number of nitrogens with zero attached hydrogens (tertiary/aromatic N) is 1. The van der Waals surface area contributed by atoms with E-state index in [2.05, 4.69) is 40.5 Å². The second-order valence-electron chi connectivity index (χ2n) is 6.23. The standard InChI is InChI=1S/C17H26N2/c1-2-5-15(6-3-1)10-12-19(13-16-8-9-16)14-17-7-4-11-18-17/h1-3,5-6,16-18H,4,7-14H2. The van der Waals surface area contributed by atoms with Gasteiger partial charge in [0.2, 0.25) is 0 Å². The molecule has 1 unspecified atom stereocenters. The first-order valence-electron chi connectivity index (χ1n) is 7.90. The third-order valence-electron chi connectivity index (χ3n) is 4.41. The molecule has 1 saturated carbocycles. The zero-order chi connectivity index (χ0) is 12.9. The van der Waals surface area contributed by atoms with Crippen LogP contribution in [-0.2, 0) is 6.42 Å². The molecule has 2 heteroatoms. The SMILES string of the molecule is c1ccc(CCN(CC2CC2)CC2CCCN2)cc1. The lowest BCUT2D eigenvalue weighted by atomic mass is 10.1. The number of hydrogen-bond donors (Lipinski definition) is 1. The van der Waals surface area contributed by atoms with Gasteiger partial charge in [0.05, 0.1) is 0 Å². The average Bonchev–Trinajstić information content (AvgIpc) is 3.11. The molecule has 1 aromatic carbocycles. The minimum Gasteiger partial charge on any atom is -0.313 e. The van der Waals surface area contributed by atoms with Crippen molar-refractivity contribution in [1.29, 1.82) is 0 Å². The summed E-state index contributed by atoms with van der Waals surface area (Å²) in [5, 5.41) is 3.64. The van der Waals surface area contributed by atoms with Crippen molar-refractivity contribution >= 4 is 0 Å². The van der Waals surface area contributed by atoms with Crippen molar-refractivity contribution < 1.29 is 0 Å². The summed E-state index contributed by atoms with van der Waals surface area (Å²) >= 11 is 0. The van der Waals surface area contributed by atoms with Crippen LogP contribution in [-0.4, -0.2) is 37.1 Å². The number of hydrogen-bond acceptors (Lipinski definition) is 2. The molecule has 0 aromatic heterocycles. The van der Waals surface area contributed by atoms with Gasteiger partial charge in [-0.1, -0.05) is 30.3 Å². The Hall–Kier alpha value is -0.860. The van der Waals surface area contributed by atoms with Crippen molar-refractivity contribution in [3.8, 4) is 0 Å². The van der Waals surface area contributed by atoms with Gasteiger partial charge in [0.15, 0.2) is 0 Å². The van der Waals surface area contributed by atoms with Crippen molar-refractivity contribution in [3.05, 3.63) is 35.9 Å². The highest BCUT2D eigenvalue weighted by Gasteiger charge is 2.26. The third-order valence-corrected chi connectivity index (χ3v) is 4.41. The zero-order valence-corrected chi connectivity index (χ0v) is 11.9. The summed E-state index contributed by atoms with van der Waals surface area (Å²) in [5.74, 6) is 0.997. The topological polar surface area (TPSA) is 15.3 Å². The van der Waals surface area contributed by atoms with Crippen LogP contribution in [0.15, 0.2) is 30.3 Å². The van der Waals surface area contributed by atoms with Crippen LogP contribution in [0.5, 0.6) is 0 Å². The molecule has 0 amide bonds. The van der Waals surface area contributed by atoms with Crippen LogP contribution < -0.4 is 5.32 Å². The first kappa shape index (κ1) is 13.1. The monoisotopic (exact) mass is 258 g/mol. The van der Waals surface area contributed by atoms with Gasteiger partial charge >= 0.3 is 0 Å². The molecule has 2 fully saturated rings. The van der Waals surface area contributed by atoms with Gasteiger partial charge in [0.25, 0.3) is 0 Å². The van der Waals surface area contributed by atoms with E-state index in [-0.39, 0.29) is 0 Å². The van der Waals surface area contributed by atoms with Crippen LogP contribution in [0.1, 0.15) is 31.2 Å². The second kappa shape index (κ2) is 6.53. The molecule has 0 spiro atoms. The van der Waals surface area contributed by atoms with Crippen molar-refractivity contribution in [2.24, 2.45) is 5.92 Å². The maximum Gasteiger partial charge on any atom is 0.0195 e. The maximum atomic E-state index is 3.64. The second-order valence-corrected chi connectivity index (χ2v) is 6.23. The van der Waals surface area contributed by atoms with Crippen molar-refractivity contribution in [1.82, 2.24) is 10.2 Å². The normalized spacial score (nSPS) is 23.1. The molecule has 2 aliphatic rings. The molecule has 1 saturated heterocycles. The Labute approximate surface area is 117 Å². The van der Waals surface area contributed by atoms with E-state index in [1.165, 1.54) is 63.8 Å². The van der Waals surface area contributed by atoms with Gasteiger partial charge in [0.1, 0.15) is 0 Å². The Morgan fingerprint density at radius 1 is 1.05 bits per heavy atom. The largest absolute Gasteiger partial charge is 0.313 e. The van der Waals surface area contributed by atoms with Crippen LogP contribution in [0.3, 0.4) is 0 Å². The van der Waals surface area contributed by atoms with E-state index in [9.17, 15) is 0 Å². The van der Waals surface area contributed by atoms with Crippen LogP contribution in [0.25, 0.3) is 0 Å². The molecule has 1 heterocycles. The molecular formula is C17H26N2. The van der Waals surface area contributed by atoms with E-state index in [1.54, 1.807) is 0 Å². The van der Waals surface area contributed by atoms with Gasteiger partial charge in [-0.05, 0) is 50.1 Å². The predicted molar refractivity (Wildman–Crippen MR) is 80.3 cm³/mol. The van der Waals surface area contributed by atoms with E-state index in [0.717, 1.165) is 12.0 Å². The van der Waals surface area contributed by atoms with Crippen LogP contribution in [0.4, 0.5) is 0 Å². The Bertz CT molecular complexity index is 366. The fourth-order valence-corrected chi connectivity index (χ4v) is 3.08. The highest BCUT2D eigenvalue weighted by atomic mass is 15.2. The summed E-state index contributed by atoms with van der Waals surface area (Å²) in [4.78, 5) is 2.70. The summed E-state index contributed by atoms with van der Waals surface area (Å²) in [7, 11) is 0. The van der Waals surface area contributed by atoms with Gasteiger partial charge < -0.3 is 10.2 Å². The minimum absolute atomic E-state index is 0.745. The molecule has 0 bridgehead atoms. The zero-order valence-electron chi connectivity index (χ0n) is 11.9. The number of benzene rings is 1. The molecule has 1 aliphatic heterocycles. The van der Waals surface area contributed by atoms with Crippen LogP contribution >= 0.6 is 0 Å². The van der Waals surface area contributed by atoms with Gasteiger partial charge in [0, 0.05) is 25.7 Å². The Kier molecular flexibility index (Phi) is 4.52. The Balaban J connectivity index is 1.49. The summed E-state index contributed by atoms with van der Waals surface area (Å²) < 4.78 is 0. The van der Waals surface area contributed by atoms with Crippen LogP contribution in [0.2, 0.25) is 0 Å². The first-order valence-corrected chi connectivity index (χ1v) is 7.90. The van der Waals surface area contributed by atoms with E-state index in [4.69, 9.17) is 0 Å². The first-order chi connectivity index (χ1) is 9.40. The molecule has 19 heavy (non-hydrogen) atoms. The van der Waals surface area contributed by atoms with Crippen molar-refractivity contribution in [2.75, 3.05) is 26.2 Å². The lowest BCUT2D eigenvalue weighted by Crippen LogP contribution is -2.39. The summed E-state index contributed by atoms with van der Waals surface area (Å²) in [6.45, 7) is 5.02. The number of rotatable bonds is 7. The molecule has 3 rings (SSSR count). The third kappa shape index (κ3) is 4.32. The van der Waals surface area contributed by atoms with Gasteiger partial charge in [-0.2, -0.15) is 0 Å². The summed E-state index contributed by atoms with van der Waals surface area (Å²) in [6, 6.07) is 11.7. The molecule has 104 valence electrons. The lowest BCUT2D eigenvalue weighted by Gasteiger charge is -2.25. The lowest BCUT2D eigenvalue weighted by molar-refractivity contribution is 0.242. The van der Waals surface area contributed by atoms with E-state index in [0.29, 0.717) is 0 Å². The van der Waals surface area contributed by atoms with E-state index in [1.807, 2.05) is 0 Å². The summed E-state index contributed by atoms with van der Waals surface area (Å²) in [6.07, 6.45) is 6.84. The van der Waals surface area contributed by atoms with Gasteiger partial charge in [-0.3, -0.25) is 0 Å². The average molecular weight is 258 g/mol. The van der Waals surface area contributed by atoms with Crippen molar-refractivity contribution in [2.45, 2.75) is 38.1 Å². The fourth-order valence-electron chi connectivity index (χ4n) is 3.08. The predicted octanol–water partition coefficient (Wildman–Crippen LogP) is 2.69. The maximum absolute atomic E-state index is 3.64. The van der Waals surface area contributed by atoms with Crippen molar-refractivity contribution in [3.63, 3.8) is 0 Å². The molecule has 0 radical (unpaired) electrons. The molecule has 1 N–H and O–H groups in total. The highest BCUT2D eigenvalue weighted by Crippen LogP contribution is 2.30. The number of nitrogens with one attached hydrogen (secondary N) is 1. The van der Waals surface area contributed by atoms with Gasteiger partial charge in [-0.25, -0.2) is 0 Å². The highest BCUT2D eigenvalue weighted by molar-refractivity contribution is 5.14. The van der Waals surface area contributed by atoms with Gasteiger partial charge in [-0.15, -0.1) is 0 Å². The molecule has 1 atom stereocenters. The molecule has 1 aromatic rings. The molecule has 1 aliphatic carbocycles. The smallest absolute Gasteiger partial charge is 0.0195 e. The van der Waals surface area contributed by atoms with E-state index >= 15 is 0 Å². The minimum atomic E-state index is 0.745. The Morgan fingerprint density at radius 2 is 1.89 bits per heavy atom. The van der Waals surface area contributed by atoms with E-state index < -0.39 is 0 Å².